The van der Waals surface area contributed by atoms with E-state index in [9.17, 15) is 4.79 Å². The molecular weight excluding hydrogens is 454 g/mol. The molecule has 10 nitrogen and oxygen atoms in total. The third kappa shape index (κ3) is 3.86. The Bertz CT molecular complexity index is 1630. The molecule has 0 unspecified atom stereocenters. The molecule has 0 amide bonds. The number of rotatable bonds is 5. The number of nitrogens with zero attached hydrogens (tertiary/aromatic N) is 5. The summed E-state index contributed by atoms with van der Waals surface area (Å²) < 4.78 is 1.76. The molecule has 2 aromatic carbocycles. The molecule has 0 aliphatic carbocycles. The third-order valence-corrected chi connectivity index (χ3v) is 5.78. The second-order valence-electron chi connectivity index (χ2n) is 7.60. The second-order valence-corrected chi connectivity index (χ2v) is 8.01. The molecule has 3 heterocycles. The highest BCUT2D eigenvalue weighted by Gasteiger charge is 2.15. The van der Waals surface area contributed by atoms with Gasteiger partial charge in [-0.05, 0) is 48.0 Å². The summed E-state index contributed by atoms with van der Waals surface area (Å²) >= 11 is 6.35. The van der Waals surface area contributed by atoms with Gasteiger partial charge in [-0.15, -0.1) is 0 Å². The van der Waals surface area contributed by atoms with Crippen molar-refractivity contribution < 1.29 is 0 Å². The molecule has 0 atom stereocenters. The Morgan fingerprint density at radius 2 is 1.94 bits per heavy atom. The van der Waals surface area contributed by atoms with Crippen LogP contribution >= 0.6 is 11.6 Å². The first kappa shape index (κ1) is 21.3. The summed E-state index contributed by atoms with van der Waals surface area (Å²) in [7, 11) is 0. The van der Waals surface area contributed by atoms with Crippen LogP contribution in [0.3, 0.4) is 0 Å². The van der Waals surface area contributed by atoms with E-state index in [0.717, 1.165) is 11.3 Å². The molecule has 0 saturated carbocycles. The van der Waals surface area contributed by atoms with Crippen LogP contribution in [0.15, 0.2) is 65.7 Å². The Hall–Kier alpha value is -4.59. The fourth-order valence-corrected chi connectivity index (χ4v) is 3.94. The number of anilines is 3. The molecule has 0 saturated heterocycles. The molecule has 11 heteroatoms. The summed E-state index contributed by atoms with van der Waals surface area (Å²) in [5, 5.41) is 15.4. The first-order valence-corrected chi connectivity index (χ1v) is 10.5. The Balaban J connectivity index is 1.49. The lowest BCUT2D eigenvalue weighted by atomic mass is 10.1. The maximum atomic E-state index is 11.6. The molecule has 0 aliphatic rings. The minimum absolute atomic E-state index is 0.294. The zero-order valence-corrected chi connectivity index (χ0v) is 18.4. The van der Waals surface area contributed by atoms with E-state index in [-0.39, 0.29) is 5.69 Å². The average Bonchev–Trinajstić information content (AvgIpc) is 3.45. The fraction of sp³-hybridized carbons (Fsp3) is 0.0435. The second kappa shape index (κ2) is 8.40. The van der Waals surface area contributed by atoms with Crippen LogP contribution in [0.2, 0.25) is 5.02 Å². The summed E-state index contributed by atoms with van der Waals surface area (Å²) in [5.74, 6) is 6.40. The predicted molar refractivity (Wildman–Crippen MR) is 130 cm³/mol. The number of hydrogen-bond acceptors (Lipinski definition) is 7. The molecule has 5 aromatic rings. The number of pyridine rings is 1. The molecular formula is C23H18ClN9O. The largest absolute Gasteiger partial charge is 0.396 e. The average molecular weight is 472 g/mol. The number of nitriles is 1. The smallest absolute Gasteiger partial charge is 0.323 e. The van der Waals surface area contributed by atoms with Crippen LogP contribution in [0, 0.1) is 11.3 Å². The monoisotopic (exact) mass is 471 g/mol. The Labute approximate surface area is 198 Å². The summed E-state index contributed by atoms with van der Waals surface area (Å²) in [5.41, 5.74) is 11.4. The number of imidazole rings is 1. The van der Waals surface area contributed by atoms with Crippen molar-refractivity contribution in [3.05, 3.63) is 87.6 Å². The van der Waals surface area contributed by atoms with Crippen molar-refractivity contribution in [2.45, 2.75) is 6.54 Å². The standard InChI is InChI=1S/C23H18ClN9O/c24-16-7-13(10-25)1-2-14(16)12-32-21(5-6-29-32)20-9-22(17(26)11-28-20)33(27)15-3-4-18-19(8-15)31-23(34)30-18/h1-9,11H,12,26-27H2,(H2,30,31,34). The van der Waals surface area contributed by atoms with Gasteiger partial charge in [0.2, 0.25) is 0 Å². The Morgan fingerprint density at radius 1 is 1.12 bits per heavy atom. The molecule has 34 heavy (non-hydrogen) atoms. The highest BCUT2D eigenvalue weighted by atomic mass is 35.5. The third-order valence-electron chi connectivity index (χ3n) is 5.43. The molecule has 6 N–H and O–H groups in total. The molecule has 0 spiro atoms. The van der Waals surface area contributed by atoms with E-state index < -0.39 is 0 Å². The zero-order chi connectivity index (χ0) is 23.8. The van der Waals surface area contributed by atoms with Gasteiger partial charge in [0.15, 0.2) is 0 Å². The topological polar surface area (TPSA) is 158 Å². The summed E-state index contributed by atoms with van der Waals surface area (Å²) in [6, 6.07) is 16.1. The highest BCUT2D eigenvalue weighted by Crippen LogP contribution is 2.32. The van der Waals surface area contributed by atoms with E-state index in [2.05, 4.69) is 26.1 Å². The van der Waals surface area contributed by atoms with Gasteiger partial charge in [0.1, 0.15) is 0 Å². The lowest BCUT2D eigenvalue weighted by molar-refractivity contribution is 0.693. The number of hydrogen-bond donors (Lipinski definition) is 4. The van der Waals surface area contributed by atoms with Crippen LogP contribution in [0.25, 0.3) is 22.4 Å². The number of halogens is 1. The van der Waals surface area contributed by atoms with Gasteiger partial charge >= 0.3 is 5.69 Å². The van der Waals surface area contributed by atoms with E-state index in [1.807, 2.05) is 6.07 Å². The normalized spacial score (nSPS) is 11.0. The maximum absolute atomic E-state index is 11.6. The van der Waals surface area contributed by atoms with Gasteiger partial charge in [0.25, 0.3) is 0 Å². The minimum Gasteiger partial charge on any atom is -0.396 e. The number of hydrazine groups is 1. The van der Waals surface area contributed by atoms with Gasteiger partial charge in [-0.2, -0.15) is 10.4 Å². The molecule has 0 bridgehead atoms. The minimum atomic E-state index is -0.294. The van der Waals surface area contributed by atoms with Crippen molar-refractivity contribution >= 4 is 39.7 Å². The molecule has 0 aliphatic heterocycles. The lowest BCUT2D eigenvalue weighted by Gasteiger charge is -2.21. The van der Waals surface area contributed by atoms with Crippen molar-refractivity contribution in [3.63, 3.8) is 0 Å². The van der Waals surface area contributed by atoms with E-state index >= 15 is 0 Å². The number of aromatic amines is 2. The van der Waals surface area contributed by atoms with Crippen LogP contribution in [0.5, 0.6) is 0 Å². The van der Waals surface area contributed by atoms with Crippen LogP contribution < -0.4 is 22.3 Å². The van der Waals surface area contributed by atoms with Crippen LogP contribution in [-0.4, -0.2) is 24.7 Å². The first-order valence-electron chi connectivity index (χ1n) is 10.2. The molecule has 5 rings (SSSR count). The van der Waals surface area contributed by atoms with Crippen LogP contribution in [0.1, 0.15) is 11.1 Å². The summed E-state index contributed by atoms with van der Waals surface area (Å²) in [6.45, 7) is 0.387. The van der Waals surface area contributed by atoms with Crippen molar-refractivity contribution in [1.29, 1.82) is 5.26 Å². The van der Waals surface area contributed by atoms with Gasteiger partial charge in [0.05, 0.1) is 63.9 Å². The highest BCUT2D eigenvalue weighted by molar-refractivity contribution is 6.31. The van der Waals surface area contributed by atoms with Gasteiger partial charge in [-0.3, -0.25) is 14.7 Å². The van der Waals surface area contributed by atoms with Crippen molar-refractivity contribution in [2.75, 3.05) is 10.7 Å². The van der Waals surface area contributed by atoms with E-state index in [0.29, 0.717) is 50.9 Å². The molecule has 168 valence electrons. The van der Waals surface area contributed by atoms with Crippen LogP contribution in [-0.2, 0) is 6.54 Å². The first-order chi connectivity index (χ1) is 16.4. The van der Waals surface area contributed by atoms with Crippen molar-refractivity contribution in [3.8, 4) is 17.5 Å². The van der Waals surface area contributed by atoms with Gasteiger partial charge in [-0.25, -0.2) is 10.6 Å². The van der Waals surface area contributed by atoms with E-state index in [1.54, 1.807) is 53.3 Å². The van der Waals surface area contributed by atoms with Crippen molar-refractivity contribution in [1.82, 2.24) is 24.7 Å². The summed E-state index contributed by atoms with van der Waals surface area (Å²) in [4.78, 5) is 21.5. The molecule has 0 fully saturated rings. The Kier molecular flexibility index (Phi) is 5.25. The number of nitrogen functional groups attached to an aromatic ring is 1. The fourth-order valence-electron chi connectivity index (χ4n) is 3.70. The number of nitrogens with two attached hydrogens (primary N) is 2. The summed E-state index contributed by atoms with van der Waals surface area (Å²) in [6.07, 6.45) is 3.20. The number of H-pyrrole nitrogens is 2. The number of aromatic nitrogens is 5. The predicted octanol–water partition coefficient (Wildman–Crippen LogP) is 3.28. The number of benzene rings is 2. The number of fused-ring (bicyclic) bond motifs is 1. The van der Waals surface area contributed by atoms with Gasteiger partial charge in [0, 0.05) is 11.2 Å². The maximum Gasteiger partial charge on any atom is 0.323 e. The van der Waals surface area contributed by atoms with Gasteiger partial charge < -0.3 is 15.7 Å². The molecule has 3 aromatic heterocycles. The van der Waals surface area contributed by atoms with Crippen molar-refractivity contribution in [2.24, 2.45) is 5.84 Å². The number of nitrogens with one attached hydrogen (secondary N) is 2. The van der Waals surface area contributed by atoms with E-state index in [4.69, 9.17) is 28.4 Å². The lowest BCUT2D eigenvalue weighted by Crippen LogP contribution is -2.26. The molecule has 0 radical (unpaired) electrons. The zero-order valence-electron chi connectivity index (χ0n) is 17.7. The Morgan fingerprint density at radius 3 is 2.74 bits per heavy atom. The van der Waals surface area contributed by atoms with E-state index in [1.165, 1.54) is 11.2 Å². The SMILES string of the molecule is N#Cc1ccc(Cn2nccc2-c2cc(N(N)c3ccc4[nH]c(=O)[nH]c4c3)c(N)cn2)c(Cl)c1. The quantitative estimate of drug-likeness (QED) is 0.226. The van der Waals surface area contributed by atoms with Crippen LogP contribution in [0.4, 0.5) is 17.1 Å². The van der Waals surface area contributed by atoms with Gasteiger partial charge in [-0.1, -0.05) is 17.7 Å².